The molecule has 2 rings (SSSR count). The minimum atomic E-state index is -3.71. The number of sulfonamides is 1. The number of hydrogen-bond acceptors (Lipinski definition) is 5. The van der Waals surface area contributed by atoms with Crippen LogP contribution in [0.5, 0.6) is 5.75 Å². The molecule has 0 aliphatic carbocycles. The zero-order valence-electron chi connectivity index (χ0n) is 16.3. The molecule has 0 spiro atoms. The van der Waals surface area contributed by atoms with Crippen LogP contribution >= 0.6 is 0 Å². The standard InChI is InChI=1S/C20H26N2O5S/c1-15-5-7-17(8-6-15)22-28(24,25)18-9-10-19(16(2)13-18)27-14-20(23)21-11-4-12-26-3/h5-10,13,22H,4,11-12,14H2,1-3H3,(H,21,23). The minimum absolute atomic E-state index is 0.127. The monoisotopic (exact) mass is 406 g/mol. The Balaban J connectivity index is 1.97. The number of carbonyl (C=O) groups is 1. The lowest BCUT2D eigenvalue weighted by molar-refractivity contribution is -0.123. The molecule has 2 aromatic carbocycles. The highest BCUT2D eigenvalue weighted by Crippen LogP contribution is 2.23. The van der Waals surface area contributed by atoms with Crippen LogP contribution in [0.3, 0.4) is 0 Å². The largest absolute Gasteiger partial charge is 0.484 e. The number of methoxy groups -OCH3 is 1. The summed E-state index contributed by atoms with van der Waals surface area (Å²) < 4.78 is 38.1. The van der Waals surface area contributed by atoms with Gasteiger partial charge >= 0.3 is 0 Å². The first kappa shape index (κ1) is 21.7. The Bertz CT molecular complexity index is 895. The van der Waals surface area contributed by atoms with Crippen molar-refractivity contribution in [3.63, 3.8) is 0 Å². The van der Waals surface area contributed by atoms with Crippen LogP contribution in [0.1, 0.15) is 17.5 Å². The van der Waals surface area contributed by atoms with E-state index in [1.54, 1.807) is 32.2 Å². The van der Waals surface area contributed by atoms with Gasteiger partial charge in [-0.1, -0.05) is 17.7 Å². The van der Waals surface area contributed by atoms with E-state index in [1.165, 1.54) is 12.1 Å². The summed E-state index contributed by atoms with van der Waals surface area (Å²) in [6, 6.07) is 11.6. The van der Waals surface area contributed by atoms with Crippen molar-refractivity contribution in [3.05, 3.63) is 53.6 Å². The van der Waals surface area contributed by atoms with Gasteiger partial charge in [-0.15, -0.1) is 0 Å². The highest BCUT2D eigenvalue weighted by atomic mass is 32.2. The molecule has 152 valence electrons. The van der Waals surface area contributed by atoms with E-state index in [-0.39, 0.29) is 17.4 Å². The van der Waals surface area contributed by atoms with Gasteiger partial charge in [-0.2, -0.15) is 0 Å². The number of aryl methyl sites for hydroxylation is 2. The molecule has 0 saturated heterocycles. The topological polar surface area (TPSA) is 93.7 Å². The van der Waals surface area contributed by atoms with E-state index < -0.39 is 10.0 Å². The summed E-state index contributed by atoms with van der Waals surface area (Å²) in [5.74, 6) is 0.217. The first-order valence-electron chi connectivity index (χ1n) is 8.90. The quantitative estimate of drug-likeness (QED) is 0.592. The summed E-state index contributed by atoms with van der Waals surface area (Å²) in [6.07, 6.45) is 0.724. The zero-order valence-corrected chi connectivity index (χ0v) is 17.1. The summed E-state index contributed by atoms with van der Waals surface area (Å²) in [4.78, 5) is 11.9. The number of amides is 1. The molecular formula is C20H26N2O5S. The summed E-state index contributed by atoms with van der Waals surface area (Å²) >= 11 is 0. The number of rotatable bonds is 10. The Morgan fingerprint density at radius 2 is 1.79 bits per heavy atom. The second kappa shape index (κ2) is 10.1. The van der Waals surface area contributed by atoms with E-state index in [0.717, 1.165) is 12.0 Å². The number of anilines is 1. The van der Waals surface area contributed by atoms with E-state index in [9.17, 15) is 13.2 Å². The average Bonchev–Trinajstić information content (AvgIpc) is 2.66. The van der Waals surface area contributed by atoms with Gasteiger partial charge in [0.1, 0.15) is 5.75 Å². The van der Waals surface area contributed by atoms with Crippen molar-refractivity contribution in [2.75, 3.05) is 31.6 Å². The maximum Gasteiger partial charge on any atom is 0.261 e. The van der Waals surface area contributed by atoms with Gasteiger partial charge in [-0.3, -0.25) is 9.52 Å². The lowest BCUT2D eigenvalue weighted by atomic mass is 10.2. The maximum atomic E-state index is 12.6. The van der Waals surface area contributed by atoms with E-state index in [0.29, 0.717) is 30.2 Å². The van der Waals surface area contributed by atoms with Gasteiger partial charge in [-0.05, 0) is 56.2 Å². The Morgan fingerprint density at radius 3 is 2.43 bits per heavy atom. The summed E-state index contributed by atoms with van der Waals surface area (Å²) in [7, 11) is -2.11. The molecule has 7 nitrogen and oxygen atoms in total. The first-order chi connectivity index (χ1) is 13.3. The second-order valence-electron chi connectivity index (χ2n) is 6.38. The number of nitrogens with one attached hydrogen (secondary N) is 2. The molecule has 0 bridgehead atoms. The maximum absolute atomic E-state index is 12.6. The summed E-state index contributed by atoms with van der Waals surface area (Å²) in [6.45, 7) is 4.61. The number of benzene rings is 2. The Morgan fingerprint density at radius 1 is 1.07 bits per heavy atom. The fourth-order valence-corrected chi connectivity index (χ4v) is 3.57. The lowest BCUT2D eigenvalue weighted by Gasteiger charge is -2.12. The van der Waals surface area contributed by atoms with Crippen molar-refractivity contribution in [3.8, 4) is 5.75 Å². The first-order valence-corrected chi connectivity index (χ1v) is 10.4. The molecule has 2 aromatic rings. The van der Waals surface area contributed by atoms with Crippen molar-refractivity contribution in [2.45, 2.75) is 25.2 Å². The van der Waals surface area contributed by atoms with E-state index in [1.807, 2.05) is 19.1 Å². The number of carbonyl (C=O) groups excluding carboxylic acids is 1. The highest BCUT2D eigenvalue weighted by molar-refractivity contribution is 7.92. The molecule has 0 unspecified atom stereocenters. The van der Waals surface area contributed by atoms with Crippen LogP contribution in [-0.2, 0) is 19.6 Å². The van der Waals surface area contributed by atoms with Crippen LogP contribution in [0.25, 0.3) is 0 Å². The Kier molecular flexibility index (Phi) is 7.83. The minimum Gasteiger partial charge on any atom is -0.484 e. The smallest absolute Gasteiger partial charge is 0.261 e. The number of ether oxygens (including phenoxy) is 2. The fraction of sp³-hybridized carbons (Fsp3) is 0.350. The van der Waals surface area contributed by atoms with Gasteiger partial charge in [0, 0.05) is 25.9 Å². The molecule has 0 fully saturated rings. The molecule has 0 aliphatic heterocycles. The Labute approximate surface area is 166 Å². The van der Waals surface area contributed by atoms with Gasteiger partial charge in [-0.25, -0.2) is 8.42 Å². The van der Waals surface area contributed by atoms with E-state index in [2.05, 4.69) is 10.0 Å². The van der Waals surface area contributed by atoms with E-state index >= 15 is 0 Å². The molecule has 0 atom stereocenters. The molecule has 0 aromatic heterocycles. The summed E-state index contributed by atoms with van der Waals surface area (Å²) in [5.41, 5.74) is 2.16. The molecule has 0 heterocycles. The van der Waals surface area contributed by atoms with Crippen molar-refractivity contribution in [1.29, 1.82) is 0 Å². The molecule has 1 amide bonds. The van der Waals surface area contributed by atoms with Crippen LogP contribution in [-0.4, -0.2) is 41.2 Å². The normalized spacial score (nSPS) is 11.1. The van der Waals surface area contributed by atoms with E-state index in [4.69, 9.17) is 9.47 Å². The van der Waals surface area contributed by atoms with Crippen molar-refractivity contribution >= 4 is 21.6 Å². The van der Waals surface area contributed by atoms with Gasteiger partial charge in [0.15, 0.2) is 6.61 Å². The molecular weight excluding hydrogens is 380 g/mol. The molecule has 0 radical (unpaired) electrons. The average molecular weight is 407 g/mol. The Hall–Kier alpha value is -2.58. The third-order valence-electron chi connectivity index (χ3n) is 3.97. The van der Waals surface area contributed by atoms with Gasteiger partial charge in [0.2, 0.25) is 0 Å². The van der Waals surface area contributed by atoms with Crippen molar-refractivity contribution in [2.24, 2.45) is 0 Å². The second-order valence-corrected chi connectivity index (χ2v) is 8.07. The highest BCUT2D eigenvalue weighted by Gasteiger charge is 2.16. The SMILES string of the molecule is COCCCNC(=O)COc1ccc(S(=O)(=O)Nc2ccc(C)cc2)cc1C. The molecule has 0 saturated carbocycles. The zero-order chi connectivity index (χ0) is 20.6. The predicted octanol–water partition coefficient (Wildman–Crippen LogP) is 2.64. The molecule has 2 N–H and O–H groups in total. The third-order valence-corrected chi connectivity index (χ3v) is 5.35. The predicted molar refractivity (Wildman–Crippen MR) is 108 cm³/mol. The van der Waals surface area contributed by atoms with Gasteiger partial charge < -0.3 is 14.8 Å². The van der Waals surface area contributed by atoms with Crippen LogP contribution in [0, 0.1) is 13.8 Å². The molecule has 8 heteroatoms. The van der Waals surface area contributed by atoms with Crippen LogP contribution < -0.4 is 14.8 Å². The summed E-state index contributed by atoms with van der Waals surface area (Å²) in [5, 5.41) is 2.72. The molecule has 28 heavy (non-hydrogen) atoms. The lowest BCUT2D eigenvalue weighted by Crippen LogP contribution is -2.30. The van der Waals surface area contributed by atoms with Crippen LogP contribution in [0.15, 0.2) is 47.4 Å². The fourth-order valence-electron chi connectivity index (χ4n) is 2.43. The van der Waals surface area contributed by atoms with Crippen LogP contribution in [0.2, 0.25) is 0 Å². The van der Waals surface area contributed by atoms with Crippen molar-refractivity contribution < 1.29 is 22.7 Å². The molecule has 0 aliphatic rings. The van der Waals surface area contributed by atoms with Gasteiger partial charge in [0.25, 0.3) is 15.9 Å². The third kappa shape index (κ3) is 6.54. The van der Waals surface area contributed by atoms with Gasteiger partial charge in [0.05, 0.1) is 4.90 Å². The number of hydrogen-bond donors (Lipinski definition) is 2. The van der Waals surface area contributed by atoms with Crippen LogP contribution in [0.4, 0.5) is 5.69 Å². The van der Waals surface area contributed by atoms with Crippen molar-refractivity contribution in [1.82, 2.24) is 5.32 Å².